The van der Waals surface area contributed by atoms with Crippen molar-refractivity contribution in [2.75, 3.05) is 31.6 Å². The molecule has 0 radical (unpaired) electrons. The lowest BCUT2D eigenvalue weighted by Crippen LogP contribution is -2.34. The zero-order valence-corrected chi connectivity index (χ0v) is 26.4. The van der Waals surface area contributed by atoms with Gasteiger partial charge in [0.2, 0.25) is 0 Å². The van der Waals surface area contributed by atoms with Gasteiger partial charge in [-0.2, -0.15) is 9.61 Å². The van der Waals surface area contributed by atoms with E-state index >= 15 is 0 Å². The molecule has 7 nitrogen and oxygen atoms in total. The Kier molecular flexibility index (Phi) is 8.80. The summed E-state index contributed by atoms with van der Waals surface area (Å²) in [7, 11) is -2.30. The molecule has 1 fully saturated rings. The van der Waals surface area contributed by atoms with Crippen LogP contribution in [0.3, 0.4) is 0 Å². The summed E-state index contributed by atoms with van der Waals surface area (Å²) in [5.41, 5.74) is 3.30. The Balaban J connectivity index is 1.60. The fourth-order valence-electron chi connectivity index (χ4n) is 4.49. The number of ether oxygens (including phenoxy) is 2. The van der Waals surface area contributed by atoms with Crippen LogP contribution < -0.4 is 10.2 Å². The predicted octanol–water partition coefficient (Wildman–Crippen LogP) is 5.67. The minimum Gasteiger partial charge on any atom is -0.361 e. The summed E-state index contributed by atoms with van der Waals surface area (Å²) >= 11 is 2.34. The van der Waals surface area contributed by atoms with Crippen molar-refractivity contribution in [3.8, 4) is 0 Å². The van der Waals surface area contributed by atoms with Crippen molar-refractivity contribution < 1.29 is 9.47 Å². The summed E-state index contributed by atoms with van der Waals surface area (Å²) in [6.45, 7) is 16.8. The van der Waals surface area contributed by atoms with Gasteiger partial charge in [0.05, 0.1) is 15.5 Å². The zero-order valence-electron chi connectivity index (χ0n) is 22.2. The van der Waals surface area contributed by atoms with E-state index in [0.717, 1.165) is 52.5 Å². The van der Waals surface area contributed by atoms with Crippen molar-refractivity contribution in [2.45, 2.75) is 82.7 Å². The molecular weight excluding hydrogens is 585 g/mol. The van der Waals surface area contributed by atoms with Crippen LogP contribution in [-0.4, -0.2) is 69.5 Å². The molecule has 35 heavy (non-hydrogen) atoms. The van der Waals surface area contributed by atoms with Crippen LogP contribution in [0.2, 0.25) is 51.4 Å². The van der Waals surface area contributed by atoms with Gasteiger partial charge in [-0.3, -0.25) is 0 Å². The zero-order chi connectivity index (χ0) is 25.2. The number of aromatic nitrogens is 3. The summed E-state index contributed by atoms with van der Waals surface area (Å²) < 4.78 is 15.4. The van der Waals surface area contributed by atoms with Gasteiger partial charge in [-0.1, -0.05) is 45.4 Å². The van der Waals surface area contributed by atoms with Gasteiger partial charge in [-0.15, -0.1) is 0 Å². The molecule has 194 valence electrons. The van der Waals surface area contributed by atoms with E-state index in [2.05, 4.69) is 89.3 Å². The van der Waals surface area contributed by atoms with Crippen LogP contribution in [-0.2, 0) is 9.47 Å². The number of fused-ring (bicyclic) bond motifs is 3. The molecule has 0 unspecified atom stereocenters. The lowest BCUT2D eigenvalue weighted by atomic mass is 10.00. The second kappa shape index (κ2) is 11.3. The topological polar surface area (TPSA) is 63.9 Å². The Hall–Kier alpha value is -0.796. The fraction of sp³-hybridized carbons (Fsp3) is 0.680. The van der Waals surface area contributed by atoms with Crippen molar-refractivity contribution in [2.24, 2.45) is 0 Å². The lowest BCUT2D eigenvalue weighted by molar-refractivity contribution is 0.0942. The van der Waals surface area contributed by atoms with Gasteiger partial charge in [0.1, 0.15) is 19.3 Å². The normalized spacial score (nSPS) is 20.5. The minimum atomic E-state index is -1.15. The largest absolute Gasteiger partial charge is 0.361 e. The van der Waals surface area contributed by atoms with Crippen LogP contribution in [0.1, 0.15) is 25.0 Å². The maximum Gasteiger partial charge on any atom is 0.171 e. The van der Waals surface area contributed by atoms with Gasteiger partial charge >= 0.3 is 0 Å². The molecule has 2 aromatic heterocycles. The third-order valence-electron chi connectivity index (χ3n) is 6.69. The predicted molar refractivity (Wildman–Crippen MR) is 159 cm³/mol. The molecule has 0 saturated carbocycles. The molecule has 4 heterocycles. The summed E-state index contributed by atoms with van der Waals surface area (Å²) in [5.74, 6) is 0.987. The molecule has 4 rings (SSSR count). The van der Waals surface area contributed by atoms with Gasteiger partial charge in [-0.25, -0.2) is 4.98 Å². The fourth-order valence-corrected chi connectivity index (χ4v) is 6.48. The molecular formula is C25H42IN5O2Si2. The first-order valence-electron chi connectivity index (χ1n) is 12.9. The number of anilines is 1. The molecule has 2 aromatic rings. The third kappa shape index (κ3) is 7.60. The molecule has 1 N–H and O–H groups in total. The highest BCUT2D eigenvalue weighted by Gasteiger charge is 2.29. The summed E-state index contributed by atoms with van der Waals surface area (Å²) in [4.78, 5) is 7.24. The molecule has 2 atom stereocenters. The van der Waals surface area contributed by atoms with Crippen molar-refractivity contribution in [1.29, 1.82) is 0 Å². The highest BCUT2D eigenvalue weighted by molar-refractivity contribution is 14.1. The first kappa shape index (κ1) is 27.2. The van der Waals surface area contributed by atoms with Gasteiger partial charge in [0.25, 0.3) is 0 Å². The van der Waals surface area contributed by atoms with Gasteiger partial charge in [-0.05, 0) is 59.5 Å². The maximum atomic E-state index is 6.21. The van der Waals surface area contributed by atoms with Crippen LogP contribution in [0, 0.1) is 3.57 Å². The number of halogens is 1. The molecule has 2 bridgehead atoms. The standard InChI is InChI=1S/C25H42IN5O2Si2/c1-34(2,3)11-9-32-17-30(18-33-10-12-35(4,5)6)24-15-23(29-25-22(26)16-27-31(24)25)19-13-20-7-8-21(14-19)28-20/h13,15-16,20-21,28H,7-12,14,17-18H2,1-6H3/t20-,21+/m0/s1. The van der Waals surface area contributed by atoms with Crippen molar-refractivity contribution in [3.63, 3.8) is 0 Å². The molecule has 2 aliphatic rings. The van der Waals surface area contributed by atoms with Crippen LogP contribution in [0.25, 0.3) is 11.2 Å². The highest BCUT2D eigenvalue weighted by Crippen LogP contribution is 2.33. The third-order valence-corrected chi connectivity index (χ3v) is 10.9. The average Bonchev–Trinajstić information content (AvgIpc) is 3.31. The van der Waals surface area contributed by atoms with Crippen LogP contribution in [0.5, 0.6) is 0 Å². The smallest absolute Gasteiger partial charge is 0.171 e. The lowest BCUT2D eigenvalue weighted by Gasteiger charge is -2.27. The maximum absolute atomic E-state index is 6.21. The monoisotopic (exact) mass is 627 g/mol. The van der Waals surface area contributed by atoms with Crippen LogP contribution in [0.15, 0.2) is 18.3 Å². The Bertz CT molecular complexity index is 1020. The van der Waals surface area contributed by atoms with E-state index in [-0.39, 0.29) is 0 Å². The molecule has 0 aliphatic carbocycles. The van der Waals surface area contributed by atoms with E-state index in [0.29, 0.717) is 25.5 Å². The Morgan fingerprint density at radius 3 is 2.31 bits per heavy atom. The second-order valence-corrected chi connectivity index (χ2v) is 24.8. The average molecular weight is 628 g/mol. The second-order valence-electron chi connectivity index (χ2n) is 12.4. The molecule has 1 saturated heterocycles. The van der Waals surface area contributed by atoms with Crippen molar-refractivity contribution in [3.05, 3.63) is 27.6 Å². The Labute approximate surface area is 226 Å². The Morgan fingerprint density at radius 2 is 1.71 bits per heavy atom. The molecule has 2 aliphatic heterocycles. The van der Waals surface area contributed by atoms with E-state index in [1.807, 2.05) is 10.7 Å². The number of hydrogen-bond donors (Lipinski definition) is 1. The summed E-state index contributed by atoms with van der Waals surface area (Å²) in [5, 5.41) is 8.38. The molecule has 0 spiro atoms. The summed E-state index contributed by atoms with van der Waals surface area (Å²) in [6.07, 6.45) is 7.77. The van der Waals surface area contributed by atoms with E-state index < -0.39 is 16.1 Å². The van der Waals surface area contributed by atoms with E-state index in [4.69, 9.17) is 14.5 Å². The summed E-state index contributed by atoms with van der Waals surface area (Å²) in [6, 6.07) is 5.53. The first-order valence-corrected chi connectivity index (χ1v) is 21.4. The number of rotatable bonds is 12. The van der Waals surface area contributed by atoms with Crippen molar-refractivity contribution in [1.82, 2.24) is 19.9 Å². The van der Waals surface area contributed by atoms with E-state index in [1.165, 1.54) is 18.4 Å². The number of hydrogen-bond acceptors (Lipinski definition) is 6. The highest BCUT2D eigenvalue weighted by atomic mass is 127. The quantitative estimate of drug-likeness (QED) is 0.142. The van der Waals surface area contributed by atoms with Crippen LogP contribution >= 0.6 is 22.6 Å². The van der Waals surface area contributed by atoms with Gasteiger partial charge in [0, 0.05) is 47.5 Å². The van der Waals surface area contributed by atoms with Crippen LogP contribution in [0.4, 0.5) is 5.82 Å². The molecule has 0 amide bonds. The van der Waals surface area contributed by atoms with Gasteiger partial charge in [0.15, 0.2) is 5.65 Å². The number of nitrogens with one attached hydrogen (secondary N) is 1. The molecule has 0 aromatic carbocycles. The van der Waals surface area contributed by atoms with E-state index in [9.17, 15) is 0 Å². The van der Waals surface area contributed by atoms with Gasteiger partial charge < -0.3 is 19.7 Å². The first-order chi connectivity index (χ1) is 16.5. The minimum absolute atomic E-state index is 0.472. The SMILES string of the molecule is C[Si](C)(C)CCOCN(COCC[Si](C)(C)C)c1cc(C2=C[C@@H]3CC[C@H](C2)N3)nc2c(I)cnn12. The number of nitrogens with zero attached hydrogens (tertiary/aromatic N) is 4. The Morgan fingerprint density at radius 1 is 1.06 bits per heavy atom. The van der Waals surface area contributed by atoms with E-state index in [1.54, 1.807) is 0 Å². The molecule has 10 heteroatoms. The van der Waals surface area contributed by atoms with Crippen molar-refractivity contribution >= 4 is 55.8 Å².